The molecule has 3 nitrogen and oxygen atoms in total. The van der Waals surface area contributed by atoms with Crippen LogP contribution in [-0.2, 0) is 20.7 Å². The summed E-state index contributed by atoms with van der Waals surface area (Å²) in [7, 11) is 1.52. The van der Waals surface area contributed by atoms with Gasteiger partial charge in [0.05, 0.1) is 6.61 Å². The van der Waals surface area contributed by atoms with E-state index in [9.17, 15) is 4.79 Å². The molecule has 82 valence electrons. The minimum Gasteiger partial charge on any atom is -0.464 e. The molecule has 3 heteroatoms. The van der Waals surface area contributed by atoms with Crippen LogP contribution >= 0.6 is 0 Å². The first-order chi connectivity index (χ1) is 7.27. The summed E-state index contributed by atoms with van der Waals surface area (Å²) < 4.78 is 10.00. The fraction of sp³-hybridized carbons (Fsp3) is 0.417. The SMILES string of the molecule is CCOC(=O)C(Cc1ccccc1)OC. The topological polar surface area (TPSA) is 35.5 Å². The van der Waals surface area contributed by atoms with Crippen LogP contribution in [0, 0.1) is 0 Å². The van der Waals surface area contributed by atoms with Gasteiger partial charge in [0.25, 0.3) is 0 Å². The van der Waals surface area contributed by atoms with Crippen LogP contribution < -0.4 is 0 Å². The van der Waals surface area contributed by atoms with Crippen molar-refractivity contribution in [2.24, 2.45) is 0 Å². The summed E-state index contributed by atoms with van der Waals surface area (Å²) in [6.07, 6.45) is 0.0447. The summed E-state index contributed by atoms with van der Waals surface area (Å²) in [4.78, 5) is 11.4. The molecular weight excluding hydrogens is 192 g/mol. The van der Waals surface area contributed by atoms with Crippen LogP contribution in [0.1, 0.15) is 12.5 Å². The van der Waals surface area contributed by atoms with Crippen molar-refractivity contribution in [3.8, 4) is 0 Å². The second-order valence-electron chi connectivity index (χ2n) is 3.17. The van der Waals surface area contributed by atoms with Crippen LogP contribution in [0.5, 0.6) is 0 Å². The Balaban J connectivity index is 2.58. The Bertz CT molecular complexity index is 295. The highest BCUT2D eigenvalue weighted by Gasteiger charge is 2.18. The molecule has 15 heavy (non-hydrogen) atoms. The fourth-order valence-corrected chi connectivity index (χ4v) is 1.33. The van der Waals surface area contributed by atoms with E-state index in [2.05, 4.69) is 0 Å². The molecule has 0 spiro atoms. The number of carbonyl (C=O) groups excluding carboxylic acids is 1. The predicted molar refractivity (Wildman–Crippen MR) is 57.6 cm³/mol. The predicted octanol–water partition coefficient (Wildman–Crippen LogP) is 1.81. The second-order valence-corrected chi connectivity index (χ2v) is 3.17. The van der Waals surface area contributed by atoms with E-state index in [1.54, 1.807) is 6.92 Å². The highest BCUT2D eigenvalue weighted by atomic mass is 16.6. The van der Waals surface area contributed by atoms with Gasteiger partial charge in [0, 0.05) is 13.5 Å². The first-order valence-corrected chi connectivity index (χ1v) is 5.01. The fourth-order valence-electron chi connectivity index (χ4n) is 1.33. The maximum Gasteiger partial charge on any atom is 0.335 e. The van der Waals surface area contributed by atoms with E-state index in [4.69, 9.17) is 9.47 Å². The monoisotopic (exact) mass is 208 g/mol. The van der Waals surface area contributed by atoms with E-state index in [1.165, 1.54) is 7.11 Å². The van der Waals surface area contributed by atoms with Crippen LogP contribution in [0.15, 0.2) is 30.3 Å². The number of benzene rings is 1. The summed E-state index contributed by atoms with van der Waals surface area (Å²) in [6.45, 7) is 2.17. The van der Waals surface area contributed by atoms with Crippen molar-refractivity contribution < 1.29 is 14.3 Å². The van der Waals surface area contributed by atoms with Crippen LogP contribution in [0.3, 0.4) is 0 Å². The Morgan fingerprint density at radius 1 is 1.33 bits per heavy atom. The van der Waals surface area contributed by atoms with Crippen LogP contribution in [0.4, 0.5) is 0 Å². The van der Waals surface area contributed by atoms with Gasteiger partial charge in [0.2, 0.25) is 0 Å². The molecule has 0 amide bonds. The van der Waals surface area contributed by atoms with Gasteiger partial charge < -0.3 is 9.47 Å². The van der Waals surface area contributed by atoms with Crippen LogP contribution in [0.2, 0.25) is 0 Å². The van der Waals surface area contributed by atoms with Gasteiger partial charge >= 0.3 is 5.97 Å². The molecule has 0 fully saturated rings. The molecular formula is C12H16O3. The Morgan fingerprint density at radius 2 is 2.00 bits per heavy atom. The molecule has 0 heterocycles. The standard InChI is InChI=1S/C12H16O3/c1-3-15-12(13)11(14-2)9-10-7-5-4-6-8-10/h4-8,11H,3,9H2,1-2H3. The third-order valence-electron chi connectivity index (χ3n) is 2.10. The van der Waals surface area contributed by atoms with E-state index >= 15 is 0 Å². The number of rotatable bonds is 5. The smallest absolute Gasteiger partial charge is 0.335 e. The zero-order valence-electron chi connectivity index (χ0n) is 9.10. The molecule has 0 aliphatic rings. The van der Waals surface area contributed by atoms with Gasteiger partial charge in [-0.1, -0.05) is 30.3 Å². The third-order valence-corrected chi connectivity index (χ3v) is 2.10. The lowest BCUT2D eigenvalue weighted by Gasteiger charge is -2.13. The van der Waals surface area contributed by atoms with E-state index in [-0.39, 0.29) is 5.97 Å². The molecule has 0 saturated heterocycles. The van der Waals surface area contributed by atoms with Gasteiger partial charge in [-0.25, -0.2) is 4.79 Å². The molecule has 1 rings (SSSR count). The Labute approximate surface area is 90.0 Å². The van der Waals surface area contributed by atoms with Gasteiger partial charge in [-0.15, -0.1) is 0 Å². The molecule has 1 unspecified atom stereocenters. The Kier molecular flexibility index (Phi) is 4.84. The summed E-state index contributed by atoms with van der Waals surface area (Å²) in [5.74, 6) is -0.302. The zero-order chi connectivity index (χ0) is 11.1. The minimum absolute atomic E-state index is 0.302. The average molecular weight is 208 g/mol. The molecule has 0 N–H and O–H groups in total. The van der Waals surface area contributed by atoms with Crippen molar-refractivity contribution in [2.45, 2.75) is 19.4 Å². The second kappa shape index (κ2) is 6.19. The average Bonchev–Trinajstić information content (AvgIpc) is 2.27. The van der Waals surface area contributed by atoms with Gasteiger partial charge in [0.1, 0.15) is 0 Å². The maximum absolute atomic E-state index is 11.4. The molecule has 1 aromatic rings. The highest BCUT2D eigenvalue weighted by Crippen LogP contribution is 2.06. The third kappa shape index (κ3) is 3.72. The zero-order valence-corrected chi connectivity index (χ0v) is 9.10. The van der Waals surface area contributed by atoms with Crippen molar-refractivity contribution in [1.29, 1.82) is 0 Å². The molecule has 1 aromatic carbocycles. The van der Waals surface area contributed by atoms with Crippen molar-refractivity contribution in [1.82, 2.24) is 0 Å². The van der Waals surface area contributed by atoms with Gasteiger partial charge in [-0.2, -0.15) is 0 Å². The molecule has 0 aromatic heterocycles. The quantitative estimate of drug-likeness (QED) is 0.692. The van der Waals surface area contributed by atoms with Crippen molar-refractivity contribution in [3.63, 3.8) is 0 Å². The summed E-state index contributed by atoms with van der Waals surface area (Å²) in [5, 5.41) is 0. The minimum atomic E-state index is -0.507. The van der Waals surface area contributed by atoms with Crippen molar-refractivity contribution >= 4 is 5.97 Å². The molecule has 0 aliphatic carbocycles. The number of esters is 1. The maximum atomic E-state index is 11.4. The van der Waals surface area contributed by atoms with Crippen LogP contribution in [-0.4, -0.2) is 25.8 Å². The molecule has 1 atom stereocenters. The van der Waals surface area contributed by atoms with E-state index < -0.39 is 6.10 Å². The van der Waals surface area contributed by atoms with Crippen molar-refractivity contribution in [2.75, 3.05) is 13.7 Å². The van der Waals surface area contributed by atoms with Gasteiger partial charge in [-0.3, -0.25) is 0 Å². The number of hydrogen-bond donors (Lipinski definition) is 0. The normalized spacial score (nSPS) is 12.1. The van der Waals surface area contributed by atoms with Crippen LogP contribution in [0.25, 0.3) is 0 Å². The van der Waals surface area contributed by atoms with Crippen molar-refractivity contribution in [3.05, 3.63) is 35.9 Å². The van der Waals surface area contributed by atoms with E-state index in [1.807, 2.05) is 30.3 Å². The van der Waals surface area contributed by atoms with E-state index in [0.29, 0.717) is 13.0 Å². The summed E-state index contributed by atoms with van der Waals surface area (Å²) in [6, 6.07) is 9.74. The largest absolute Gasteiger partial charge is 0.464 e. The number of methoxy groups -OCH3 is 1. The first kappa shape index (κ1) is 11.7. The molecule has 0 radical (unpaired) electrons. The lowest BCUT2D eigenvalue weighted by atomic mass is 10.1. The van der Waals surface area contributed by atoms with Gasteiger partial charge in [0.15, 0.2) is 6.10 Å². The number of hydrogen-bond acceptors (Lipinski definition) is 3. The highest BCUT2D eigenvalue weighted by molar-refractivity contribution is 5.75. The summed E-state index contributed by atoms with van der Waals surface area (Å²) in [5.41, 5.74) is 1.07. The molecule has 0 aliphatic heterocycles. The van der Waals surface area contributed by atoms with Gasteiger partial charge in [-0.05, 0) is 12.5 Å². The lowest BCUT2D eigenvalue weighted by Crippen LogP contribution is -2.27. The lowest BCUT2D eigenvalue weighted by molar-refractivity contribution is -0.154. The Morgan fingerprint density at radius 3 is 2.53 bits per heavy atom. The first-order valence-electron chi connectivity index (χ1n) is 5.01. The Hall–Kier alpha value is -1.35. The van der Waals surface area contributed by atoms with E-state index in [0.717, 1.165) is 5.56 Å². The molecule has 0 bridgehead atoms. The number of ether oxygens (including phenoxy) is 2. The summed E-state index contributed by atoms with van der Waals surface area (Å²) >= 11 is 0. The number of carbonyl (C=O) groups is 1. The molecule has 0 saturated carbocycles.